The molecule has 0 radical (unpaired) electrons. The molecule has 2 amide bonds. The van der Waals surface area contributed by atoms with Gasteiger partial charge >= 0.3 is 0 Å². The standard InChI is InChI=1S/C19H22N2O2S/c1-13-9-10-24-18(13)16(11-14-5-3-2-4-6-14)21-17(22)12-20-19(23)15-7-8-15/h2-6,9-10,15-16H,7-8,11-12H2,1H3,(H,20,23)(H,21,22)/t16-/m0/s1. The number of benzene rings is 1. The molecule has 24 heavy (non-hydrogen) atoms. The number of carbonyl (C=O) groups excluding carboxylic acids is 2. The van der Waals surface area contributed by atoms with Gasteiger partial charge < -0.3 is 10.6 Å². The van der Waals surface area contributed by atoms with Crippen molar-refractivity contribution < 1.29 is 9.59 Å². The molecule has 1 saturated carbocycles. The van der Waals surface area contributed by atoms with E-state index in [9.17, 15) is 9.59 Å². The summed E-state index contributed by atoms with van der Waals surface area (Å²) < 4.78 is 0. The highest BCUT2D eigenvalue weighted by molar-refractivity contribution is 7.10. The van der Waals surface area contributed by atoms with E-state index in [1.165, 1.54) is 16.0 Å². The molecule has 1 atom stereocenters. The molecule has 1 aliphatic carbocycles. The Labute approximate surface area is 146 Å². The number of amides is 2. The van der Waals surface area contributed by atoms with E-state index in [-0.39, 0.29) is 30.3 Å². The van der Waals surface area contributed by atoms with E-state index in [1.54, 1.807) is 11.3 Å². The molecule has 1 heterocycles. The molecular formula is C19H22N2O2S. The van der Waals surface area contributed by atoms with Crippen LogP contribution < -0.4 is 10.6 Å². The summed E-state index contributed by atoms with van der Waals surface area (Å²) in [6.07, 6.45) is 2.63. The highest BCUT2D eigenvalue weighted by atomic mass is 32.1. The van der Waals surface area contributed by atoms with Crippen molar-refractivity contribution in [3.05, 3.63) is 57.8 Å². The molecule has 3 rings (SSSR count). The minimum absolute atomic E-state index is 0.00272. The summed E-state index contributed by atoms with van der Waals surface area (Å²) >= 11 is 1.66. The molecule has 0 bridgehead atoms. The first-order valence-electron chi connectivity index (χ1n) is 8.28. The molecule has 1 aromatic heterocycles. The summed E-state index contributed by atoms with van der Waals surface area (Å²) in [4.78, 5) is 25.1. The number of nitrogens with one attached hydrogen (secondary N) is 2. The summed E-state index contributed by atoms with van der Waals surface area (Å²) in [6.45, 7) is 2.11. The molecule has 5 heteroatoms. The zero-order valence-electron chi connectivity index (χ0n) is 13.7. The van der Waals surface area contributed by atoms with Crippen LogP contribution in [0.3, 0.4) is 0 Å². The lowest BCUT2D eigenvalue weighted by Gasteiger charge is -2.19. The van der Waals surface area contributed by atoms with Crippen LogP contribution in [-0.2, 0) is 16.0 Å². The van der Waals surface area contributed by atoms with Gasteiger partial charge in [-0.05, 0) is 48.8 Å². The molecule has 1 fully saturated rings. The van der Waals surface area contributed by atoms with Crippen LogP contribution in [0.15, 0.2) is 41.8 Å². The minimum atomic E-state index is -0.141. The Kier molecular flexibility index (Phi) is 5.30. The third-order valence-corrected chi connectivity index (χ3v) is 5.34. The largest absolute Gasteiger partial charge is 0.347 e. The van der Waals surface area contributed by atoms with Gasteiger partial charge in [0, 0.05) is 10.8 Å². The van der Waals surface area contributed by atoms with Crippen molar-refractivity contribution in [1.82, 2.24) is 10.6 Å². The monoisotopic (exact) mass is 342 g/mol. The van der Waals surface area contributed by atoms with Crippen molar-refractivity contribution in [1.29, 1.82) is 0 Å². The number of thiophene rings is 1. The second kappa shape index (κ2) is 7.62. The zero-order chi connectivity index (χ0) is 16.9. The Hall–Kier alpha value is -2.14. The Morgan fingerprint density at radius 3 is 2.58 bits per heavy atom. The highest BCUT2D eigenvalue weighted by Gasteiger charge is 2.29. The molecule has 2 N–H and O–H groups in total. The van der Waals surface area contributed by atoms with E-state index in [0.717, 1.165) is 19.3 Å². The lowest BCUT2D eigenvalue weighted by Crippen LogP contribution is -2.39. The number of hydrogen-bond donors (Lipinski definition) is 2. The van der Waals surface area contributed by atoms with Crippen molar-refractivity contribution >= 4 is 23.2 Å². The molecule has 0 unspecified atom stereocenters. The van der Waals surface area contributed by atoms with Crippen LogP contribution in [0, 0.1) is 12.8 Å². The number of aryl methyl sites for hydroxylation is 1. The quantitative estimate of drug-likeness (QED) is 0.813. The lowest BCUT2D eigenvalue weighted by molar-refractivity contribution is -0.127. The van der Waals surface area contributed by atoms with Gasteiger partial charge in [-0.25, -0.2) is 0 Å². The van der Waals surface area contributed by atoms with Crippen molar-refractivity contribution in [2.45, 2.75) is 32.2 Å². The average molecular weight is 342 g/mol. The third kappa shape index (κ3) is 4.45. The van der Waals surface area contributed by atoms with Crippen LogP contribution in [0.4, 0.5) is 0 Å². The highest BCUT2D eigenvalue weighted by Crippen LogP contribution is 2.29. The Bertz CT molecular complexity index is 707. The van der Waals surface area contributed by atoms with Gasteiger partial charge in [-0.2, -0.15) is 0 Å². The van der Waals surface area contributed by atoms with Crippen molar-refractivity contribution in [3.63, 3.8) is 0 Å². The molecule has 1 aliphatic rings. The predicted molar refractivity (Wildman–Crippen MR) is 95.8 cm³/mol. The maximum absolute atomic E-state index is 12.3. The van der Waals surface area contributed by atoms with E-state index in [0.29, 0.717) is 0 Å². The van der Waals surface area contributed by atoms with Gasteiger partial charge in [0.25, 0.3) is 0 Å². The second-order valence-electron chi connectivity index (χ2n) is 6.27. The molecule has 2 aromatic rings. The summed E-state index contributed by atoms with van der Waals surface area (Å²) in [7, 11) is 0. The molecule has 0 spiro atoms. The first-order valence-corrected chi connectivity index (χ1v) is 9.16. The fraction of sp³-hybridized carbons (Fsp3) is 0.368. The van der Waals surface area contributed by atoms with Crippen LogP contribution in [0.2, 0.25) is 0 Å². The second-order valence-corrected chi connectivity index (χ2v) is 7.22. The molecule has 0 aliphatic heterocycles. The summed E-state index contributed by atoms with van der Waals surface area (Å²) in [5, 5.41) is 7.85. The zero-order valence-corrected chi connectivity index (χ0v) is 14.6. The van der Waals surface area contributed by atoms with Crippen LogP contribution in [0.5, 0.6) is 0 Å². The Morgan fingerprint density at radius 1 is 1.21 bits per heavy atom. The topological polar surface area (TPSA) is 58.2 Å². The Balaban J connectivity index is 1.64. The SMILES string of the molecule is Cc1ccsc1[C@H](Cc1ccccc1)NC(=O)CNC(=O)C1CC1. The van der Waals surface area contributed by atoms with Gasteiger partial charge in [-0.15, -0.1) is 11.3 Å². The fourth-order valence-corrected chi connectivity index (χ4v) is 3.68. The van der Waals surface area contributed by atoms with Gasteiger partial charge in [-0.3, -0.25) is 9.59 Å². The number of rotatable bonds is 7. The van der Waals surface area contributed by atoms with Crippen LogP contribution >= 0.6 is 11.3 Å². The van der Waals surface area contributed by atoms with Gasteiger partial charge in [0.2, 0.25) is 11.8 Å². The molecular weight excluding hydrogens is 320 g/mol. The minimum Gasteiger partial charge on any atom is -0.347 e. The molecule has 4 nitrogen and oxygen atoms in total. The van der Waals surface area contributed by atoms with Crippen LogP contribution in [0.1, 0.15) is 34.9 Å². The smallest absolute Gasteiger partial charge is 0.239 e. The normalized spacial score (nSPS) is 14.9. The lowest BCUT2D eigenvalue weighted by atomic mass is 10.0. The van der Waals surface area contributed by atoms with Crippen LogP contribution in [-0.4, -0.2) is 18.4 Å². The van der Waals surface area contributed by atoms with Gasteiger partial charge in [0.1, 0.15) is 0 Å². The van der Waals surface area contributed by atoms with Gasteiger partial charge in [-0.1, -0.05) is 30.3 Å². The summed E-state index contributed by atoms with van der Waals surface area (Å²) in [6, 6.07) is 12.1. The third-order valence-electron chi connectivity index (χ3n) is 4.21. The predicted octanol–water partition coefficient (Wildman–Crippen LogP) is 2.98. The first-order chi connectivity index (χ1) is 11.6. The first kappa shape index (κ1) is 16.7. The van der Waals surface area contributed by atoms with Crippen LogP contribution in [0.25, 0.3) is 0 Å². The fourth-order valence-electron chi connectivity index (χ4n) is 2.70. The van der Waals surface area contributed by atoms with Crippen molar-refractivity contribution in [2.75, 3.05) is 6.54 Å². The van der Waals surface area contributed by atoms with Gasteiger partial charge in [0.15, 0.2) is 0 Å². The van der Waals surface area contributed by atoms with E-state index >= 15 is 0 Å². The molecule has 1 aromatic carbocycles. The van der Waals surface area contributed by atoms with E-state index in [2.05, 4.69) is 35.8 Å². The Morgan fingerprint density at radius 2 is 1.96 bits per heavy atom. The summed E-state index contributed by atoms with van der Waals surface area (Å²) in [5.74, 6) is -0.0211. The summed E-state index contributed by atoms with van der Waals surface area (Å²) in [5.41, 5.74) is 2.36. The van der Waals surface area contributed by atoms with E-state index in [1.807, 2.05) is 23.6 Å². The van der Waals surface area contributed by atoms with Crippen molar-refractivity contribution in [2.24, 2.45) is 5.92 Å². The average Bonchev–Trinajstić information content (AvgIpc) is 3.35. The molecule has 0 saturated heterocycles. The van der Waals surface area contributed by atoms with Gasteiger partial charge in [0.05, 0.1) is 12.6 Å². The maximum Gasteiger partial charge on any atom is 0.239 e. The van der Waals surface area contributed by atoms with E-state index in [4.69, 9.17) is 0 Å². The van der Waals surface area contributed by atoms with Crippen molar-refractivity contribution in [3.8, 4) is 0 Å². The maximum atomic E-state index is 12.3. The number of carbonyl (C=O) groups is 2. The van der Waals surface area contributed by atoms with E-state index < -0.39 is 0 Å². The number of hydrogen-bond acceptors (Lipinski definition) is 3. The molecule has 126 valence electrons.